The number of rotatable bonds is 8. The zero-order valence-electron chi connectivity index (χ0n) is 17.7. The number of fused-ring (bicyclic) bond motifs is 1. The van der Waals surface area contributed by atoms with E-state index in [0.29, 0.717) is 30.1 Å². The van der Waals surface area contributed by atoms with Gasteiger partial charge >= 0.3 is 0 Å². The Morgan fingerprint density at radius 2 is 1.97 bits per heavy atom. The molecule has 1 aliphatic heterocycles. The van der Waals surface area contributed by atoms with Crippen LogP contribution in [0, 0.1) is 0 Å². The summed E-state index contributed by atoms with van der Waals surface area (Å²) in [6.45, 7) is 2.17. The number of para-hydroxylation sites is 1. The largest absolute Gasteiger partial charge is 0.391 e. The van der Waals surface area contributed by atoms with Crippen molar-refractivity contribution in [2.45, 2.75) is 44.4 Å². The molecule has 1 amide bonds. The Morgan fingerprint density at radius 3 is 2.74 bits per heavy atom. The molecule has 0 saturated carbocycles. The third-order valence-electron chi connectivity index (χ3n) is 6.02. The average Bonchev–Trinajstić information content (AvgIpc) is 3.26. The quantitative estimate of drug-likeness (QED) is 0.518. The number of carbonyl (C=O) groups excluding carboxylic acids is 1. The minimum atomic E-state index is -0.631. The lowest BCUT2D eigenvalue weighted by molar-refractivity contribution is 0.0706. The Kier molecular flexibility index (Phi) is 6.96. The zero-order chi connectivity index (χ0) is 21.6. The number of nitrogens with zero attached hydrogens (tertiary/aromatic N) is 2. The summed E-state index contributed by atoms with van der Waals surface area (Å²) in [6.07, 6.45) is 4.35. The lowest BCUT2D eigenvalue weighted by atomic mass is 10.0. The van der Waals surface area contributed by atoms with Crippen LogP contribution in [0.5, 0.6) is 0 Å². The second-order valence-electron chi connectivity index (χ2n) is 8.04. The molecule has 1 aromatic heterocycles. The van der Waals surface area contributed by atoms with Crippen molar-refractivity contribution in [2.24, 2.45) is 5.73 Å². The number of hydrogen-bond donors (Lipinski definition) is 3. The lowest BCUT2D eigenvalue weighted by Crippen LogP contribution is -2.32. The zero-order valence-corrected chi connectivity index (χ0v) is 17.7. The maximum Gasteiger partial charge on any atom is 0.253 e. The molecule has 0 spiro atoms. The molecule has 4 N–H and O–H groups in total. The van der Waals surface area contributed by atoms with Gasteiger partial charge in [-0.1, -0.05) is 30.3 Å². The van der Waals surface area contributed by atoms with Crippen LogP contribution in [0.1, 0.15) is 46.8 Å². The fraction of sp³-hybridized carbons (Fsp3) is 0.417. The number of aliphatic hydroxyl groups is 1. The average molecular weight is 423 g/mol. The van der Waals surface area contributed by atoms with E-state index in [1.807, 2.05) is 42.7 Å². The molecule has 4 rings (SSSR count). The lowest BCUT2D eigenvalue weighted by Gasteiger charge is -2.23. The smallest absolute Gasteiger partial charge is 0.253 e. The number of carbonyl (C=O) groups is 1. The molecule has 7 nitrogen and oxygen atoms in total. The number of ether oxygens (including phenoxy) is 1. The highest BCUT2D eigenvalue weighted by molar-refractivity contribution is 6.04. The van der Waals surface area contributed by atoms with E-state index in [1.54, 1.807) is 6.07 Å². The molecule has 7 heteroatoms. The number of aromatic nitrogens is 2. The van der Waals surface area contributed by atoms with Crippen molar-refractivity contribution in [3.63, 3.8) is 0 Å². The van der Waals surface area contributed by atoms with E-state index < -0.39 is 6.10 Å². The molecule has 1 atom stereocenters. The molecule has 3 aromatic rings. The highest BCUT2D eigenvalue weighted by atomic mass is 16.5. The first-order valence-corrected chi connectivity index (χ1v) is 10.9. The van der Waals surface area contributed by atoms with Gasteiger partial charge in [-0.2, -0.15) is 0 Å². The van der Waals surface area contributed by atoms with E-state index in [0.717, 1.165) is 49.1 Å². The Balaban J connectivity index is 1.37. The molecular weight excluding hydrogens is 392 g/mol. The predicted octanol–water partition coefficient (Wildman–Crippen LogP) is 2.57. The maximum absolute atomic E-state index is 12.8. The van der Waals surface area contributed by atoms with Crippen molar-refractivity contribution >= 4 is 16.9 Å². The van der Waals surface area contributed by atoms with Crippen LogP contribution in [0.25, 0.3) is 11.0 Å². The third-order valence-corrected chi connectivity index (χ3v) is 6.02. The first kappa shape index (κ1) is 21.5. The fourth-order valence-electron chi connectivity index (χ4n) is 4.23. The van der Waals surface area contributed by atoms with E-state index in [2.05, 4.69) is 14.9 Å². The van der Waals surface area contributed by atoms with Gasteiger partial charge in [0.1, 0.15) is 5.52 Å². The number of aryl methyl sites for hydroxylation is 1. The molecule has 0 unspecified atom stereocenters. The minimum absolute atomic E-state index is 0.195. The standard InChI is InChI=1S/C24H30N4O3/c25-14-18-5-2-1-4-17(18)8-9-20(29)15-26-24(30)21-6-3-7-22-23(21)27-16-28(22)19-10-12-31-13-11-19/h1-7,16,19-20,29H,8-15,25H2,(H,26,30)/t20-/m0/s1. The number of nitrogens with two attached hydrogens (primary N) is 1. The van der Waals surface area contributed by atoms with E-state index in [9.17, 15) is 9.90 Å². The second kappa shape index (κ2) is 10.0. The first-order chi connectivity index (χ1) is 15.2. The number of hydrogen-bond acceptors (Lipinski definition) is 5. The van der Waals surface area contributed by atoms with Crippen molar-refractivity contribution in [1.82, 2.24) is 14.9 Å². The Hall–Kier alpha value is -2.74. The van der Waals surface area contributed by atoms with Gasteiger partial charge in [0.2, 0.25) is 0 Å². The summed E-state index contributed by atoms with van der Waals surface area (Å²) in [5, 5.41) is 13.2. The summed E-state index contributed by atoms with van der Waals surface area (Å²) in [6, 6.07) is 14.0. The summed E-state index contributed by atoms with van der Waals surface area (Å²) in [7, 11) is 0. The van der Waals surface area contributed by atoms with Crippen molar-refractivity contribution in [2.75, 3.05) is 19.8 Å². The van der Waals surface area contributed by atoms with E-state index in [-0.39, 0.29) is 12.5 Å². The molecule has 0 bridgehead atoms. The van der Waals surface area contributed by atoms with Gasteiger partial charge in [0.25, 0.3) is 5.91 Å². The summed E-state index contributed by atoms with van der Waals surface area (Å²) in [5.74, 6) is -0.218. The molecule has 164 valence electrons. The van der Waals surface area contributed by atoms with Gasteiger partial charge in [-0.15, -0.1) is 0 Å². The highest BCUT2D eigenvalue weighted by Gasteiger charge is 2.20. The highest BCUT2D eigenvalue weighted by Crippen LogP contribution is 2.27. The fourth-order valence-corrected chi connectivity index (χ4v) is 4.23. The number of imidazole rings is 1. The van der Waals surface area contributed by atoms with Gasteiger partial charge in [-0.3, -0.25) is 4.79 Å². The molecule has 0 aliphatic carbocycles. The summed E-state index contributed by atoms with van der Waals surface area (Å²) < 4.78 is 7.61. The Labute approximate surface area is 182 Å². The van der Waals surface area contributed by atoms with Gasteiger partial charge in [0.15, 0.2) is 0 Å². The SMILES string of the molecule is NCc1ccccc1CC[C@H](O)CNC(=O)c1cccc2c1ncn2C1CCOCC1. The topological polar surface area (TPSA) is 102 Å². The van der Waals surface area contributed by atoms with Gasteiger partial charge in [0.05, 0.1) is 23.5 Å². The molecule has 1 aliphatic rings. The van der Waals surface area contributed by atoms with E-state index >= 15 is 0 Å². The number of nitrogens with one attached hydrogen (secondary N) is 1. The Morgan fingerprint density at radius 1 is 1.19 bits per heavy atom. The van der Waals surface area contributed by atoms with Gasteiger partial charge < -0.3 is 25.5 Å². The summed E-state index contributed by atoms with van der Waals surface area (Å²) in [5.41, 5.74) is 10.2. The third kappa shape index (κ3) is 4.95. The van der Waals surface area contributed by atoms with Crippen molar-refractivity contribution in [3.8, 4) is 0 Å². The van der Waals surface area contributed by atoms with Crippen LogP contribution in [-0.4, -0.2) is 46.4 Å². The van der Waals surface area contributed by atoms with Gasteiger partial charge in [-0.05, 0) is 48.9 Å². The van der Waals surface area contributed by atoms with Crippen LogP contribution in [0.15, 0.2) is 48.8 Å². The van der Waals surface area contributed by atoms with Crippen LogP contribution in [0.2, 0.25) is 0 Å². The molecular formula is C24H30N4O3. The van der Waals surface area contributed by atoms with E-state index in [1.165, 1.54) is 0 Å². The Bertz CT molecular complexity index is 1030. The van der Waals surface area contributed by atoms with Crippen LogP contribution in [-0.2, 0) is 17.7 Å². The molecule has 31 heavy (non-hydrogen) atoms. The monoisotopic (exact) mass is 422 g/mol. The van der Waals surface area contributed by atoms with Crippen LogP contribution >= 0.6 is 0 Å². The minimum Gasteiger partial charge on any atom is -0.391 e. The summed E-state index contributed by atoms with van der Waals surface area (Å²) >= 11 is 0. The van der Waals surface area contributed by atoms with Crippen LogP contribution in [0.4, 0.5) is 0 Å². The van der Waals surface area contributed by atoms with Crippen LogP contribution in [0.3, 0.4) is 0 Å². The molecule has 1 saturated heterocycles. The molecule has 2 aromatic carbocycles. The number of amides is 1. The van der Waals surface area contributed by atoms with Gasteiger partial charge in [-0.25, -0.2) is 4.98 Å². The normalized spacial score (nSPS) is 15.8. The second-order valence-corrected chi connectivity index (χ2v) is 8.04. The first-order valence-electron chi connectivity index (χ1n) is 10.9. The maximum atomic E-state index is 12.8. The summed E-state index contributed by atoms with van der Waals surface area (Å²) in [4.78, 5) is 17.3. The molecule has 1 fully saturated rings. The van der Waals surface area contributed by atoms with E-state index in [4.69, 9.17) is 10.5 Å². The molecule has 2 heterocycles. The van der Waals surface area contributed by atoms with Gasteiger partial charge in [0, 0.05) is 32.3 Å². The predicted molar refractivity (Wildman–Crippen MR) is 120 cm³/mol. The number of benzene rings is 2. The number of aliphatic hydroxyl groups excluding tert-OH is 1. The molecule has 0 radical (unpaired) electrons. The van der Waals surface area contributed by atoms with Crippen molar-refractivity contribution in [1.29, 1.82) is 0 Å². The van der Waals surface area contributed by atoms with Crippen molar-refractivity contribution in [3.05, 3.63) is 65.5 Å². The van der Waals surface area contributed by atoms with Crippen molar-refractivity contribution < 1.29 is 14.6 Å². The van der Waals surface area contributed by atoms with Crippen LogP contribution < -0.4 is 11.1 Å².